The molecule has 1 fully saturated rings. The van der Waals surface area contributed by atoms with Crippen molar-refractivity contribution in [2.75, 3.05) is 7.11 Å². The lowest BCUT2D eigenvalue weighted by atomic mass is 9.95. The Kier molecular flexibility index (Phi) is 6.17. The molecule has 162 valence electrons. The van der Waals surface area contributed by atoms with Crippen molar-refractivity contribution >= 4 is 40.7 Å². The molecule has 2 heterocycles. The topological polar surface area (TPSA) is 79.7 Å². The maximum absolute atomic E-state index is 13.1. The number of methoxy groups -OCH3 is 1. The Morgan fingerprint density at radius 1 is 1.06 bits per heavy atom. The summed E-state index contributed by atoms with van der Waals surface area (Å²) in [7, 11) is 1.48. The predicted molar refractivity (Wildman–Crippen MR) is 122 cm³/mol. The number of Topliss-reactive ketones (excluding diaryl/α,β-unsaturated/α-hetero) is 1. The zero-order valence-corrected chi connectivity index (χ0v) is 18.5. The molecular formula is C24H18Cl2N2O4. The first-order chi connectivity index (χ1) is 15.4. The summed E-state index contributed by atoms with van der Waals surface area (Å²) >= 11 is 12.3. The number of aromatic nitrogens is 1. The lowest BCUT2D eigenvalue weighted by Gasteiger charge is -2.25. The van der Waals surface area contributed by atoms with E-state index in [1.165, 1.54) is 18.1 Å². The maximum atomic E-state index is 13.1. The van der Waals surface area contributed by atoms with Gasteiger partial charge in [0.25, 0.3) is 11.7 Å². The minimum atomic E-state index is -0.804. The number of aliphatic hydroxyl groups excluding tert-OH is 1. The second-order valence-electron chi connectivity index (χ2n) is 7.18. The van der Waals surface area contributed by atoms with Gasteiger partial charge < -0.3 is 14.7 Å². The van der Waals surface area contributed by atoms with Gasteiger partial charge in [-0.1, -0.05) is 35.3 Å². The first-order valence-corrected chi connectivity index (χ1v) is 10.4. The Bertz CT molecular complexity index is 1210. The van der Waals surface area contributed by atoms with E-state index in [1.807, 2.05) is 0 Å². The van der Waals surface area contributed by atoms with Crippen LogP contribution in [0.3, 0.4) is 0 Å². The second-order valence-corrected chi connectivity index (χ2v) is 8.03. The molecule has 0 saturated carbocycles. The van der Waals surface area contributed by atoms with Gasteiger partial charge in [-0.15, -0.1) is 0 Å². The van der Waals surface area contributed by atoms with Gasteiger partial charge in [-0.3, -0.25) is 14.6 Å². The highest BCUT2D eigenvalue weighted by molar-refractivity contribution is 6.46. The molecule has 3 aromatic rings. The molecule has 1 aliphatic heterocycles. The van der Waals surface area contributed by atoms with E-state index in [9.17, 15) is 14.7 Å². The molecule has 1 aromatic heterocycles. The van der Waals surface area contributed by atoms with E-state index in [0.29, 0.717) is 21.9 Å². The van der Waals surface area contributed by atoms with E-state index in [-0.39, 0.29) is 22.9 Å². The highest BCUT2D eigenvalue weighted by Gasteiger charge is 2.46. The lowest BCUT2D eigenvalue weighted by Crippen LogP contribution is -2.29. The molecule has 0 spiro atoms. The molecule has 1 unspecified atom stereocenters. The van der Waals surface area contributed by atoms with Crippen LogP contribution in [-0.4, -0.2) is 33.8 Å². The molecule has 1 atom stereocenters. The van der Waals surface area contributed by atoms with Crippen molar-refractivity contribution in [2.45, 2.75) is 12.6 Å². The predicted octanol–water partition coefficient (Wildman–Crippen LogP) is 5.02. The van der Waals surface area contributed by atoms with E-state index in [2.05, 4.69) is 4.98 Å². The summed E-state index contributed by atoms with van der Waals surface area (Å²) in [6.45, 7) is 0.167. The number of halogens is 2. The van der Waals surface area contributed by atoms with Crippen molar-refractivity contribution in [1.29, 1.82) is 0 Å². The number of pyridine rings is 1. The second kappa shape index (κ2) is 9.02. The van der Waals surface area contributed by atoms with Gasteiger partial charge in [-0.2, -0.15) is 0 Å². The Morgan fingerprint density at radius 2 is 1.75 bits per heavy atom. The average molecular weight is 469 g/mol. The summed E-state index contributed by atoms with van der Waals surface area (Å²) in [5.41, 5.74) is 1.72. The Balaban J connectivity index is 1.86. The van der Waals surface area contributed by atoms with Gasteiger partial charge in [0.05, 0.1) is 23.7 Å². The molecule has 1 aliphatic rings. The maximum Gasteiger partial charge on any atom is 0.295 e. The number of carbonyl (C=O) groups excluding carboxylic acids is 2. The van der Waals surface area contributed by atoms with Crippen LogP contribution in [0.25, 0.3) is 5.76 Å². The summed E-state index contributed by atoms with van der Waals surface area (Å²) in [5, 5.41) is 11.9. The highest BCUT2D eigenvalue weighted by Crippen LogP contribution is 2.41. The Morgan fingerprint density at radius 3 is 2.38 bits per heavy atom. The standard InChI is InChI=1S/C24H18Cl2N2O4/c1-32-19-7-4-16(12-18(19)26)22(29)20-21(15-2-5-17(25)6-3-15)28(24(31)23(20)30)13-14-8-10-27-11-9-14/h2-12,21,29H,13H2,1H3/b22-20-. The van der Waals surface area contributed by atoms with Gasteiger partial charge in [0.15, 0.2) is 0 Å². The fourth-order valence-electron chi connectivity index (χ4n) is 3.69. The lowest BCUT2D eigenvalue weighted by molar-refractivity contribution is -0.140. The minimum Gasteiger partial charge on any atom is -0.507 e. The van der Waals surface area contributed by atoms with Gasteiger partial charge >= 0.3 is 0 Å². The average Bonchev–Trinajstić information content (AvgIpc) is 3.04. The van der Waals surface area contributed by atoms with E-state index >= 15 is 0 Å². The number of hydrogen-bond donors (Lipinski definition) is 1. The molecular weight excluding hydrogens is 451 g/mol. The van der Waals surface area contributed by atoms with Crippen LogP contribution < -0.4 is 4.74 Å². The number of amides is 1. The smallest absolute Gasteiger partial charge is 0.295 e. The third kappa shape index (κ3) is 4.07. The summed E-state index contributed by atoms with van der Waals surface area (Å²) in [6, 6.07) is 14.2. The van der Waals surface area contributed by atoms with Crippen molar-refractivity contribution in [3.05, 3.63) is 99.3 Å². The zero-order valence-electron chi connectivity index (χ0n) is 17.0. The number of aliphatic hydroxyl groups is 1. The molecule has 32 heavy (non-hydrogen) atoms. The largest absolute Gasteiger partial charge is 0.507 e. The van der Waals surface area contributed by atoms with Crippen LogP contribution in [-0.2, 0) is 16.1 Å². The Labute approximate surface area is 194 Å². The van der Waals surface area contributed by atoms with Crippen LogP contribution in [0, 0.1) is 0 Å². The van der Waals surface area contributed by atoms with Crippen LogP contribution in [0.4, 0.5) is 0 Å². The van der Waals surface area contributed by atoms with E-state index in [1.54, 1.807) is 60.9 Å². The SMILES string of the molecule is COc1ccc(/C(O)=C2/C(=O)C(=O)N(Cc3ccncc3)C2c2ccc(Cl)cc2)cc1Cl. The molecule has 1 N–H and O–H groups in total. The van der Waals surface area contributed by atoms with Crippen molar-refractivity contribution in [3.63, 3.8) is 0 Å². The Hall–Kier alpha value is -3.35. The number of ether oxygens (including phenoxy) is 1. The van der Waals surface area contributed by atoms with E-state index in [0.717, 1.165) is 5.56 Å². The van der Waals surface area contributed by atoms with Crippen molar-refractivity contribution in [2.24, 2.45) is 0 Å². The van der Waals surface area contributed by atoms with Gasteiger partial charge in [0.2, 0.25) is 0 Å². The molecule has 4 rings (SSSR count). The quantitative estimate of drug-likeness (QED) is 0.323. The summed E-state index contributed by atoms with van der Waals surface area (Å²) in [5.74, 6) is -1.37. The number of benzene rings is 2. The van der Waals surface area contributed by atoms with Crippen LogP contribution in [0.15, 0.2) is 72.6 Å². The van der Waals surface area contributed by atoms with Gasteiger partial charge in [-0.05, 0) is 53.6 Å². The molecule has 2 aromatic carbocycles. The normalized spacial score (nSPS) is 17.6. The third-order valence-electron chi connectivity index (χ3n) is 5.25. The van der Waals surface area contributed by atoms with Crippen molar-refractivity contribution < 1.29 is 19.4 Å². The van der Waals surface area contributed by atoms with Crippen molar-refractivity contribution in [1.82, 2.24) is 9.88 Å². The van der Waals surface area contributed by atoms with Crippen LogP contribution >= 0.6 is 23.2 Å². The fourth-order valence-corrected chi connectivity index (χ4v) is 4.07. The van der Waals surface area contributed by atoms with Crippen molar-refractivity contribution in [3.8, 4) is 5.75 Å². The minimum absolute atomic E-state index is 0.0207. The third-order valence-corrected chi connectivity index (χ3v) is 5.80. The first-order valence-electron chi connectivity index (χ1n) is 9.67. The number of carbonyl (C=O) groups is 2. The number of ketones is 1. The number of rotatable bonds is 5. The molecule has 1 saturated heterocycles. The monoisotopic (exact) mass is 468 g/mol. The van der Waals surface area contributed by atoms with Gasteiger partial charge in [0, 0.05) is 29.5 Å². The molecule has 6 nitrogen and oxygen atoms in total. The number of nitrogens with zero attached hydrogens (tertiary/aromatic N) is 2. The summed E-state index contributed by atoms with van der Waals surface area (Å²) < 4.78 is 5.15. The highest BCUT2D eigenvalue weighted by atomic mass is 35.5. The molecule has 8 heteroatoms. The molecule has 1 amide bonds. The van der Waals surface area contributed by atoms with Crippen LogP contribution in [0.2, 0.25) is 10.0 Å². The summed E-state index contributed by atoms with van der Waals surface area (Å²) in [6.07, 6.45) is 3.23. The van der Waals surface area contributed by atoms with Crippen LogP contribution in [0.5, 0.6) is 5.75 Å². The molecule has 0 aliphatic carbocycles. The number of hydrogen-bond acceptors (Lipinski definition) is 5. The van der Waals surface area contributed by atoms with Gasteiger partial charge in [-0.25, -0.2) is 0 Å². The molecule has 0 bridgehead atoms. The first kappa shape index (κ1) is 21.9. The number of likely N-dealkylation sites (tertiary alicyclic amines) is 1. The summed E-state index contributed by atoms with van der Waals surface area (Å²) in [4.78, 5) is 31.5. The van der Waals surface area contributed by atoms with E-state index in [4.69, 9.17) is 27.9 Å². The fraction of sp³-hybridized carbons (Fsp3) is 0.125. The van der Waals surface area contributed by atoms with Gasteiger partial charge in [0.1, 0.15) is 11.5 Å². The van der Waals surface area contributed by atoms with E-state index < -0.39 is 17.7 Å². The molecule has 0 radical (unpaired) electrons. The van der Waals surface area contributed by atoms with Crippen LogP contribution in [0.1, 0.15) is 22.7 Å². The zero-order chi connectivity index (χ0) is 22.8.